The number of aromatic carboxylic acids is 1. The maximum Gasteiger partial charge on any atom is 0.337 e. The number of carbonyl (C=O) groups excluding carboxylic acids is 1. The molecule has 2 rings (SSSR count). The fourth-order valence-corrected chi connectivity index (χ4v) is 1.52. The molecule has 0 atom stereocenters. The van der Waals surface area contributed by atoms with E-state index in [2.05, 4.69) is 15.6 Å². The second kappa shape index (κ2) is 5.51. The number of amides is 1. The van der Waals surface area contributed by atoms with Crippen LogP contribution in [0.25, 0.3) is 0 Å². The molecule has 0 spiro atoms. The number of carbonyl (C=O) groups is 2. The second-order valence-electron chi connectivity index (χ2n) is 4.35. The predicted octanol–water partition coefficient (Wildman–Crippen LogP) is 0.378. The van der Waals surface area contributed by atoms with E-state index >= 15 is 0 Å². The van der Waals surface area contributed by atoms with E-state index in [4.69, 9.17) is 5.11 Å². The molecule has 1 saturated carbocycles. The topological polar surface area (TPSA) is 134 Å². The summed E-state index contributed by atoms with van der Waals surface area (Å²) in [5, 5.41) is 24.9. The Morgan fingerprint density at radius 1 is 1.50 bits per heavy atom. The number of hydrogen-bond acceptors (Lipinski definition) is 6. The van der Waals surface area contributed by atoms with Gasteiger partial charge in [-0.2, -0.15) is 0 Å². The first kappa shape index (κ1) is 13.7. The molecule has 3 N–H and O–H groups in total. The van der Waals surface area contributed by atoms with Crippen molar-refractivity contribution in [2.24, 2.45) is 0 Å². The number of nitrogens with zero attached hydrogens (tertiary/aromatic N) is 2. The van der Waals surface area contributed by atoms with Gasteiger partial charge in [0.05, 0.1) is 17.0 Å². The van der Waals surface area contributed by atoms with Gasteiger partial charge in [-0.05, 0) is 12.8 Å². The highest BCUT2D eigenvalue weighted by molar-refractivity contribution is 5.89. The zero-order valence-corrected chi connectivity index (χ0v) is 10.3. The highest BCUT2D eigenvalue weighted by atomic mass is 16.6. The van der Waals surface area contributed by atoms with Gasteiger partial charge in [-0.25, -0.2) is 9.78 Å². The summed E-state index contributed by atoms with van der Waals surface area (Å²) in [4.78, 5) is 36.0. The normalized spacial score (nSPS) is 13.6. The Hall–Kier alpha value is -2.71. The van der Waals surface area contributed by atoms with Gasteiger partial charge in [0, 0.05) is 18.3 Å². The number of aromatic nitrogens is 1. The molecule has 0 aliphatic heterocycles. The summed E-state index contributed by atoms with van der Waals surface area (Å²) in [5.74, 6) is -1.73. The van der Waals surface area contributed by atoms with Crippen molar-refractivity contribution < 1.29 is 19.6 Å². The maximum atomic E-state index is 11.5. The largest absolute Gasteiger partial charge is 0.478 e. The summed E-state index contributed by atoms with van der Waals surface area (Å²) < 4.78 is 0. The van der Waals surface area contributed by atoms with Crippen LogP contribution in [0.3, 0.4) is 0 Å². The first-order chi connectivity index (χ1) is 9.47. The van der Waals surface area contributed by atoms with Crippen LogP contribution in [0.1, 0.15) is 23.2 Å². The van der Waals surface area contributed by atoms with Gasteiger partial charge in [0.2, 0.25) is 11.7 Å². The molecule has 1 aromatic heterocycles. The number of nitro groups is 1. The molecule has 0 aromatic carbocycles. The molecule has 0 radical (unpaired) electrons. The average molecular weight is 280 g/mol. The van der Waals surface area contributed by atoms with Crippen molar-refractivity contribution in [2.75, 3.05) is 11.9 Å². The van der Waals surface area contributed by atoms with Crippen molar-refractivity contribution in [3.63, 3.8) is 0 Å². The molecule has 1 amide bonds. The van der Waals surface area contributed by atoms with Crippen LogP contribution >= 0.6 is 0 Å². The molecule has 1 heterocycles. The number of hydrogen-bond donors (Lipinski definition) is 3. The van der Waals surface area contributed by atoms with Crippen LogP contribution in [0.2, 0.25) is 0 Å². The van der Waals surface area contributed by atoms with Gasteiger partial charge in [-0.3, -0.25) is 14.9 Å². The standard InChI is InChI=1S/C11H12N4O5/c16-9(14-7-1-2-7)5-13-10-8(15(19)20)3-6(4-12-10)11(17)18/h3-4,7H,1-2,5H2,(H,12,13)(H,14,16)(H,17,18). The molecule has 9 nitrogen and oxygen atoms in total. The fourth-order valence-electron chi connectivity index (χ4n) is 1.52. The molecule has 0 saturated heterocycles. The van der Waals surface area contributed by atoms with E-state index in [0.717, 1.165) is 25.1 Å². The first-order valence-corrected chi connectivity index (χ1v) is 5.88. The molecule has 1 aromatic rings. The van der Waals surface area contributed by atoms with E-state index in [1.807, 2.05) is 0 Å². The molecule has 20 heavy (non-hydrogen) atoms. The molecular formula is C11H12N4O5. The lowest BCUT2D eigenvalue weighted by Crippen LogP contribution is -2.31. The van der Waals surface area contributed by atoms with Gasteiger partial charge in [-0.1, -0.05) is 0 Å². The predicted molar refractivity (Wildman–Crippen MR) is 67.5 cm³/mol. The first-order valence-electron chi connectivity index (χ1n) is 5.88. The minimum atomic E-state index is -1.31. The molecule has 1 aliphatic rings. The van der Waals surface area contributed by atoms with E-state index < -0.39 is 16.6 Å². The van der Waals surface area contributed by atoms with E-state index in [1.165, 1.54) is 0 Å². The Kier molecular flexibility index (Phi) is 3.78. The Morgan fingerprint density at radius 3 is 2.75 bits per heavy atom. The van der Waals surface area contributed by atoms with Crippen molar-refractivity contribution in [2.45, 2.75) is 18.9 Å². The van der Waals surface area contributed by atoms with Crippen LogP contribution in [-0.4, -0.2) is 39.5 Å². The fraction of sp³-hybridized carbons (Fsp3) is 0.364. The van der Waals surface area contributed by atoms with Gasteiger partial charge < -0.3 is 15.7 Å². The highest BCUT2D eigenvalue weighted by Crippen LogP contribution is 2.23. The summed E-state index contributed by atoms with van der Waals surface area (Å²) in [5.41, 5.74) is -0.770. The SMILES string of the molecule is O=C(CNc1ncc(C(=O)O)cc1[N+](=O)[O-])NC1CC1. The molecule has 1 fully saturated rings. The van der Waals surface area contributed by atoms with Crippen LogP contribution < -0.4 is 10.6 Å². The molecule has 0 bridgehead atoms. The Morgan fingerprint density at radius 2 is 2.20 bits per heavy atom. The number of pyridine rings is 1. The maximum absolute atomic E-state index is 11.5. The van der Waals surface area contributed by atoms with Crippen molar-refractivity contribution in [3.05, 3.63) is 27.9 Å². The third kappa shape index (κ3) is 3.40. The van der Waals surface area contributed by atoms with Crippen LogP contribution in [-0.2, 0) is 4.79 Å². The average Bonchev–Trinajstić information content (AvgIpc) is 3.19. The van der Waals surface area contributed by atoms with Crippen molar-refractivity contribution in [1.82, 2.24) is 10.3 Å². The van der Waals surface area contributed by atoms with E-state index in [-0.39, 0.29) is 29.9 Å². The molecule has 0 unspecified atom stereocenters. The van der Waals surface area contributed by atoms with Gasteiger partial charge >= 0.3 is 11.7 Å². The lowest BCUT2D eigenvalue weighted by atomic mass is 10.2. The molecule has 1 aliphatic carbocycles. The zero-order valence-electron chi connectivity index (χ0n) is 10.3. The lowest BCUT2D eigenvalue weighted by Gasteiger charge is -2.07. The van der Waals surface area contributed by atoms with Gasteiger partial charge in [0.25, 0.3) is 0 Å². The van der Waals surface area contributed by atoms with Crippen LogP contribution in [0.4, 0.5) is 11.5 Å². The summed E-state index contributed by atoms with van der Waals surface area (Å²) >= 11 is 0. The highest BCUT2D eigenvalue weighted by Gasteiger charge is 2.24. The Labute approximate surface area is 113 Å². The van der Waals surface area contributed by atoms with Gasteiger partial charge in [0.1, 0.15) is 0 Å². The number of nitrogens with one attached hydrogen (secondary N) is 2. The Balaban J connectivity index is 2.07. The Bertz CT molecular complexity index is 570. The third-order valence-corrected chi connectivity index (χ3v) is 2.67. The van der Waals surface area contributed by atoms with Gasteiger partial charge in [-0.15, -0.1) is 0 Å². The third-order valence-electron chi connectivity index (χ3n) is 2.67. The van der Waals surface area contributed by atoms with Gasteiger partial charge in [0.15, 0.2) is 0 Å². The van der Waals surface area contributed by atoms with Crippen LogP contribution in [0.15, 0.2) is 12.3 Å². The smallest absolute Gasteiger partial charge is 0.337 e. The van der Waals surface area contributed by atoms with E-state index in [9.17, 15) is 19.7 Å². The van der Waals surface area contributed by atoms with Crippen molar-refractivity contribution in [1.29, 1.82) is 0 Å². The summed E-state index contributed by atoms with van der Waals surface area (Å²) in [6, 6.07) is 1.10. The summed E-state index contributed by atoms with van der Waals surface area (Å²) in [6.45, 7) is -0.156. The van der Waals surface area contributed by atoms with Crippen LogP contribution in [0, 0.1) is 10.1 Å². The minimum Gasteiger partial charge on any atom is -0.478 e. The molecule has 9 heteroatoms. The van der Waals surface area contributed by atoms with Crippen LogP contribution in [0.5, 0.6) is 0 Å². The van der Waals surface area contributed by atoms with Crippen molar-refractivity contribution in [3.8, 4) is 0 Å². The minimum absolute atomic E-state index is 0.133. The van der Waals surface area contributed by atoms with Crippen molar-refractivity contribution >= 4 is 23.4 Å². The summed E-state index contributed by atoms with van der Waals surface area (Å²) in [7, 11) is 0. The lowest BCUT2D eigenvalue weighted by molar-refractivity contribution is -0.384. The monoisotopic (exact) mass is 280 g/mol. The number of carboxylic acid groups (broad SMARTS) is 1. The quantitative estimate of drug-likeness (QED) is 0.506. The molecule has 106 valence electrons. The van der Waals surface area contributed by atoms with E-state index in [0.29, 0.717) is 0 Å². The molecular weight excluding hydrogens is 268 g/mol. The number of anilines is 1. The summed E-state index contributed by atoms with van der Waals surface area (Å²) in [6.07, 6.45) is 2.88. The number of rotatable bonds is 6. The number of carboxylic acids is 1. The second-order valence-corrected chi connectivity index (χ2v) is 4.35. The van der Waals surface area contributed by atoms with E-state index in [1.54, 1.807) is 0 Å². The zero-order chi connectivity index (χ0) is 14.7.